The Bertz CT molecular complexity index is 1170. The van der Waals surface area contributed by atoms with Gasteiger partial charge in [0.25, 0.3) is 15.9 Å². The van der Waals surface area contributed by atoms with Crippen LogP contribution in [0.4, 0.5) is 11.4 Å². The molecule has 0 aliphatic heterocycles. The molecular formula is C23H24N2O5S. The number of rotatable bonds is 8. The molecule has 7 nitrogen and oxygen atoms in total. The molecular weight excluding hydrogens is 416 g/mol. The van der Waals surface area contributed by atoms with Crippen LogP contribution in [-0.2, 0) is 14.8 Å². The molecule has 0 fully saturated rings. The fourth-order valence-electron chi connectivity index (χ4n) is 2.87. The monoisotopic (exact) mass is 440 g/mol. The van der Waals surface area contributed by atoms with Crippen molar-refractivity contribution in [1.82, 2.24) is 0 Å². The first kappa shape index (κ1) is 22.2. The van der Waals surface area contributed by atoms with Crippen LogP contribution in [0.25, 0.3) is 0 Å². The number of carbonyl (C=O) groups is 1. The van der Waals surface area contributed by atoms with E-state index in [1.54, 1.807) is 24.3 Å². The Morgan fingerprint density at radius 3 is 2.29 bits per heavy atom. The van der Waals surface area contributed by atoms with Gasteiger partial charge in [0.1, 0.15) is 11.5 Å². The van der Waals surface area contributed by atoms with E-state index in [4.69, 9.17) is 9.47 Å². The smallest absolute Gasteiger partial charge is 0.262 e. The summed E-state index contributed by atoms with van der Waals surface area (Å²) in [7, 11) is -2.35. The zero-order chi connectivity index (χ0) is 22.4. The first-order chi connectivity index (χ1) is 14.8. The summed E-state index contributed by atoms with van der Waals surface area (Å²) in [6.45, 7) is 3.75. The van der Waals surface area contributed by atoms with E-state index in [1.807, 2.05) is 32.0 Å². The molecule has 0 bridgehead atoms. The topological polar surface area (TPSA) is 93.7 Å². The molecule has 0 aromatic heterocycles. The minimum atomic E-state index is -3.81. The summed E-state index contributed by atoms with van der Waals surface area (Å²) in [6, 6.07) is 18.3. The first-order valence-electron chi connectivity index (χ1n) is 9.55. The summed E-state index contributed by atoms with van der Waals surface area (Å²) >= 11 is 0. The second-order valence-corrected chi connectivity index (χ2v) is 8.55. The van der Waals surface area contributed by atoms with E-state index in [0.717, 1.165) is 11.1 Å². The summed E-state index contributed by atoms with van der Waals surface area (Å²) in [6.07, 6.45) is 0. The summed E-state index contributed by atoms with van der Waals surface area (Å²) in [5, 5.41) is 2.69. The SMILES string of the molecule is COc1ccccc1NS(=O)(=O)c1ccc(NC(=O)COc2cccc(C)c2C)cc1. The molecule has 0 saturated carbocycles. The number of nitrogens with one attached hydrogen (secondary N) is 2. The van der Waals surface area contributed by atoms with Crippen LogP contribution in [0.3, 0.4) is 0 Å². The van der Waals surface area contributed by atoms with Gasteiger partial charge in [-0.05, 0) is 67.4 Å². The van der Waals surface area contributed by atoms with E-state index in [2.05, 4.69) is 10.0 Å². The average molecular weight is 441 g/mol. The quantitative estimate of drug-likeness (QED) is 0.549. The first-order valence-corrected chi connectivity index (χ1v) is 11.0. The lowest BCUT2D eigenvalue weighted by Gasteiger charge is -2.13. The van der Waals surface area contributed by atoms with Gasteiger partial charge in [-0.2, -0.15) is 0 Å². The fraction of sp³-hybridized carbons (Fsp3) is 0.174. The van der Waals surface area contributed by atoms with Crippen molar-refractivity contribution in [2.45, 2.75) is 18.7 Å². The van der Waals surface area contributed by atoms with E-state index in [1.165, 1.54) is 31.4 Å². The van der Waals surface area contributed by atoms with Gasteiger partial charge < -0.3 is 14.8 Å². The molecule has 8 heteroatoms. The molecule has 162 valence electrons. The molecule has 0 aliphatic rings. The number of sulfonamides is 1. The van der Waals surface area contributed by atoms with Gasteiger partial charge in [-0.25, -0.2) is 8.42 Å². The zero-order valence-electron chi connectivity index (χ0n) is 17.5. The molecule has 31 heavy (non-hydrogen) atoms. The highest BCUT2D eigenvalue weighted by molar-refractivity contribution is 7.92. The Hall–Kier alpha value is -3.52. The molecule has 0 heterocycles. The molecule has 0 spiro atoms. The number of methoxy groups -OCH3 is 1. The molecule has 0 atom stereocenters. The van der Waals surface area contributed by atoms with Crippen molar-refractivity contribution in [3.05, 3.63) is 77.9 Å². The third kappa shape index (κ3) is 5.55. The van der Waals surface area contributed by atoms with Gasteiger partial charge in [-0.1, -0.05) is 24.3 Å². The fourth-order valence-corrected chi connectivity index (χ4v) is 3.94. The Labute approximate surface area is 182 Å². The summed E-state index contributed by atoms with van der Waals surface area (Å²) in [4.78, 5) is 12.3. The van der Waals surface area contributed by atoms with Crippen LogP contribution in [-0.4, -0.2) is 28.0 Å². The van der Waals surface area contributed by atoms with Gasteiger partial charge in [0.15, 0.2) is 6.61 Å². The lowest BCUT2D eigenvalue weighted by molar-refractivity contribution is -0.118. The third-order valence-corrected chi connectivity index (χ3v) is 6.09. The lowest BCUT2D eigenvalue weighted by Crippen LogP contribution is -2.20. The Kier molecular flexibility index (Phi) is 6.81. The van der Waals surface area contributed by atoms with Crippen LogP contribution in [0, 0.1) is 13.8 Å². The van der Waals surface area contributed by atoms with Gasteiger partial charge in [0.2, 0.25) is 0 Å². The molecule has 2 N–H and O–H groups in total. The minimum Gasteiger partial charge on any atom is -0.495 e. The maximum absolute atomic E-state index is 12.6. The molecule has 3 aromatic rings. The molecule has 3 aromatic carbocycles. The van der Waals surface area contributed by atoms with Gasteiger partial charge in [0, 0.05) is 5.69 Å². The maximum atomic E-state index is 12.6. The van der Waals surface area contributed by atoms with E-state index in [9.17, 15) is 13.2 Å². The number of ether oxygens (including phenoxy) is 2. The number of anilines is 2. The van der Waals surface area contributed by atoms with Crippen molar-refractivity contribution in [3.63, 3.8) is 0 Å². The minimum absolute atomic E-state index is 0.0584. The van der Waals surface area contributed by atoms with Crippen molar-refractivity contribution in [2.24, 2.45) is 0 Å². The summed E-state index contributed by atoms with van der Waals surface area (Å²) in [5.74, 6) is 0.724. The highest BCUT2D eigenvalue weighted by atomic mass is 32.2. The number of aryl methyl sites for hydroxylation is 1. The summed E-state index contributed by atoms with van der Waals surface area (Å²) < 4.78 is 38.6. The molecule has 0 saturated heterocycles. The highest BCUT2D eigenvalue weighted by Gasteiger charge is 2.16. The zero-order valence-corrected chi connectivity index (χ0v) is 18.3. The predicted molar refractivity (Wildman–Crippen MR) is 120 cm³/mol. The van der Waals surface area contributed by atoms with E-state index >= 15 is 0 Å². The number of carbonyl (C=O) groups excluding carboxylic acids is 1. The van der Waals surface area contributed by atoms with Crippen LogP contribution < -0.4 is 19.5 Å². The van der Waals surface area contributed by atoms with E-state index in [0.29, 0.717) is 22.9 Å². The van der Waals surface area contributed by atoms with Gasteiger partial charge in [-0.3, -0.25) is 9.52 Å². The Morgan fingerprint density at radius 2 is 1.58 bits per heavy atom. The highest BCUT2D eigenvalue weighted by Crippen LogP contribution is 2.26. The van der Waals surface area contributed by atoms with Crippen molar-refractivity contribution in [3.8, 4) is 11.5 Å². The van der Waals surface area contributed by atoms with Crippen molar-refractivity contribution in [1.29, 1.82) is 0 Å². The van der Waals surface area contributed by atoms with Crippen LogP contribution in [0.15, 0.2) is 71.6 Å². The molecule has 0 unspecified atom stereocenters. The van der Waals surface area contributed by atoms with Crippen molar-refractivity contribution < 1.29 is 22.7 Å². The second kappa shape index (κ2) is 9.53. The van der Waals surface area contributed by atoms with Crippen LogP contribution in [0.5, 0.6) is 11.5 Å². The molecule has 0 radical (unpaired) electrons. The largest absolute Gasteiger partial charge is 0.495 e. The van der Waals surface area contributed by atoms with Crippen LogP contribution >= 0.6 is 0 Å². The number of hydrogen-bond acceptors (Lipinski definition) is 5. The third-order valence-electron chi connectivity index (χ3n) is 4.71. The number of amides is 1. The van der Waals surface area contributed by atoms with Crippen LogP contribution in [0.2, 0.25) is 0 Å². The number of benzene rings is 3. The normalized spacial score (nSPS) is 10.9. The van der Waals surface area contributed by atoms with Gasteiger partial charge in [-0.15, -0.1) is 0 Å². The number of para-hydroxylation sites is 2. The second-order valence-electron chi connectivity index (χ2n) is 6.87. The Balaban J connectivity index is 1.62. The van der Waals surface area contributed by atoms with Gasteiger partial charge in [0.05, 0.1) is 17.7 Å². The Morgan fingerprint density at radius 1 is 0.903 bits per heavy atom. The van der Waals surface area contributed by atoms with Crippen molar-refractivity contribution >= 4 is 27.3 Å². The lowest BCUT2D eigenvalue weighted by atomic mass is 10.1. The van der Waals surface area contributed by atoms with E-state index in [-0.39, 0.29) is 17.4 Å². The maximum Gasteiger partial charge on any atom is 0.262 e. The van der Waals surface area contributed by atoms with Gasteiger partial charge >= 0.3 is 0 Å². The van der Waals surface area contributed by atoms with Crippen LogP contribution in [0.1, 0.15) is 11.1 Å². The van der Waals surface area contributed by atoms with Crippen molar-refractivity contribution in [2.75, 3.05) is 23.8 Å². The summed E-state index contributed by atoms with van der Waals surface area (Å²) in [5.41, 5.74) is 2.86. The molecule has 3 rings (SSSR count). The number of hydrogen-bond donors (Lipinski definition) is 2. The average Bonchev–Trinajstić information content (AvgIpc) is 2.75. The van der Waals surface area contributed by atoms with E-state index < -0.39 is 10.0 Å². The molecule has 1 amide bonds. The predicted octanol–water partition coefficient (Wildman–Crippen LogP) is 4.13. The standard InChI is InChI=1S/C23H24N2O5S/c1-16-7-6-10-21(17(16)2)30-15-23(26)24-18-11-13-19(14-12-18)31(27,28)25-20-8-4-5-9-22(20)29-3/h4-14,25H,15H2,1-3H3,(H,24,26). The molecule has 0 aliphatic carbocycles.